The van der Waals surface area contributed by atoms with Gasteiger partial charge in [0.05, 0.1) is 12.5 Å². The lowest BCUT2D eigenvalue weighted by molar-refractivity contribution is -0.126. The first-order valence-electron chi connectivity index (χ1n) is 9.46. The molecule has 4 rings (SSSR count). The summed E-state index contributed by atoms with van der Waals surface area (Å²) in [5.41, 5.74) is 2.38. The zero-order chi connectivity index (χ0) is 18.8. The summed E-state index contributed by atoms with van der Waals surface area (Å²) in [5, 5.41) is 3.01. The zero-order valence-corrected chi connectivity index (χ0v) is 15.5. The molecule has 1 aromatic heterocycles. The number of benzene rings is 1. The highest BCUT2D eigenvalue weighted by molar-refractivity contribution is 5.79. The first-order chi connectivity index (χ1) is 13.1. The second kappa shape index (κ2) is 7.64. The highest BCUT2D eigenvalue weighted by Gasteiger charge is 2.30. The number of halogens is 1. The van der Waals surface area contributed by atoms with Gasteiger partial charge in [0.15, 0.2) is 0 Å². The second-order valence-electron chi connectivity index (χ2n) is 7.43. The van der Waals surface area contributed by atoms with E-state index in [-0.39, 0.29) is 23.7 Å². The minimum atomic E-state index is -0.259. The van der Waals surface area contributed by atoms with Crippen LogP contribution in [0.25, 0.3) is 11.1 Å². The van der Waals surface area contributed by atoms with Crippen molar-refractivity contribution in [2.24, 2.45) is 5.92 Å². The third-order valence-corrected chi connectivity index (χ3v) is 5.41. The first-order valence-corrected chi connectivity index (χ1v) is 9.46. The van der Waals surface area contributed by atoms with Crippen molar-refractivity contribution in [1.29, 1.82) is 0 Å². The van der Waals surface area contributed by atoms with Gasteiger partial charge in [0.1, 0.15) is 17.7 Å². The normalized spacial score (nSPS) is 22.1. The Morgan fingerprint density at radius 2 is 2.15 bits per heavy atom. The van der Waals surface area contributed by atoms with Crippen LogP contribution in [0, 0.1) is 11.7 Å². The smallest absolute Gasteiger partial charge is 0.224 e. The Hall–Kier alpha value is -2.47. The number of piperidine rings is 1. The molecule has 6 heteroatoms. The molecule has 2 aliphatic heterocycles. The lowest BCUT2D eigenvalue weighted by Gasteiger charge is -2.29. The molecular formula is C21H24FN3O2. The molecule has 0 unspecified atom stereocenters. The van der Waals surface area contributed by atoms with E-state index in [1.54, 1.807) is 18.5 Å². The fourth-order valence-electron chi connectivity index (χ4n) is 3.98. The molecule has 0 bridgehead atoms. The van der Waals surface area contributed by atoms with E-state index in [0.29, 0.717) is 24.3 Å². The standard InChI is InChI=1S/C21H24FN3O2/c1-25-10-2-3-15(13-25)21(26)24-12-16-11-18-19(22)5-4-17(20(18)27-16)14-6-8-23-9-7-14/h4-9,15-16H,2-3,10-13H2,1H3,(H,24,26)/t15-,16-/m0/s1. The Morgan fingerprint density at radius 1 is 1.33 bits per heavy atom. The molecule has 2 aliphatic rings. The number of amides is 1. The van der Waals surface area contributed by atoms with Gasteiger partial charge < -0.3 is 15.0 Å². The quantitative estimate of drug-likeness (QED) is 0.900. The van der Waals surface area contributed by atoms with E-state index in [1.165, 1.54) is 6.07 Å². The van der Waals surface area contributed by atoms with Crippen LogP contribution in [0.2, 0.25) is 0 Å². The molecule has 1 aromatic carbocycles. The molecule has 1 saturated heterocycles. The van der Waals surface area contributed by atoms with Gasteiger partial charge in [0.2, 0.25) is 5.91 Å². The van der Waals surface area contributed by atoms with Gasteiger partial charge in [0, 0.05) is 36.5 Å². The number of carbonyl (C=O) groups is 1. The fourth-order valence-corrected chi connectivity index (χ4v) is 3.98. The number of aromatic nitrogens is 1. The predicted molar refractivity (Wildman–Crippen MR) is 101 cm³/mol. The fraction of sp³-hybridized carbons (Fsp3) is 0.429. The number of nitrogens with one attached hydrogen (secondary N) is 1. The summed E-state index contributed by atoms with van der Waals surface area (Å²) in [6.45, 7) is 2.23. The number of likely N-dealkylation sites (tertiary alicyclic amines) is 1. The molecule has 1 fully saturated rings. The highest BCUT2D eigenvalue weighted by atomic mass is 19.1. The molecule has 27 heavy (non-hydrogen) atoms. The minimum absolute atomic E-state index is 0.0247. The lowest BCUT2D eigenvalue weighted by atomic mass is 9.97. The maximum Gasteiger partial charge on any atom is 0.224 e. The molecule has 0 saturated carbocycles. The highest BCUT2D eigenvalue weighted by Crippen LogP contribution is 2.40. The van der Waals surface area contributed by atoms with E-state index in [0.717, 1.165) is 37.1 Å². The summed E-state index contributed by atoms with van der Waals surface area (Å²) >= 11 is 0. The largest absolute Gasteiger partial charge is 0.487 e. The van der Waals surface area contributed by atoms with E-state index in [4.69, 9.17) is 4.74 Å². The summed E-state index contributed by atoms with van der Waals surface area (Å²) in [6, 6.07) is 6.98. The monoisotopic (exact) mass is 369 g/mol. The van der Waals surface area contributed by atoms with Gasteiger partial charge in [-0.05, 0) is 56.3 Å². The maximum absolute atomic E-state index is 14.3. The average Bonchev–Trinajstić information content (AvgIpc) is 3.12. The third-order valence-electron chi connectivity index (χ3n) is 5.41. The Morgan fingerprint density at radius 3 is 2.93 bits per heavy atom. The average molecular weight is 369 g/mol. The van der Waals surface area contributed by atoms with Crippen LogP contribution in [0.1, 0.15) is 18.4 Å². The molecule has 2 atom stereocenters. The van der Waals surface area contributed by atoms with Crippen LogP contribution < -0.4 is 10.1 Å². The van der Waals surface area contributed by atoms with Crippen LogP contribution in [0.5, 0.6) is 5.75 Å². The molecule has 5 nitrogen and oxygen atoms in total. The molecule has 2 aromatic rings. The number of nitrogens with zero attached hydrogens (tertiary/aromatic N) is 2. The van der Waals surface area contributed by atoms with E-state index in [9.17, 15) is 9.18 Å². The van der Waals surface area contributed by atoms with Crippen LogP contribution >= 0.6 is 0 Å². The summed E-state index contributed by atoms with van der Waals surface area (Å²) in [7, 11) is 2.04. The van der Waals surface area contributed by atoms with E-state index in [1.807, 2.05) is 19.2 Å². The van der Waals surface area contributed by atoms with Gasteiger partial charge in [-0.1, -0.05) is 0 Å². The van der Waals surface area contributed by atoms with Crippen molar-refractivity contribution < 1.29 is 13.9 Å². The van der Waals surface area contributed by atoms with Crippen LogP contribution in [-0.2, 0) is 11.2 Å². The molecule has 142 valence electrons. The van der Waals surface area contributed by atoms with Crippen LogP contribution in [0.4, 0.5) is 4.39 Å². The van der Waals surface area contributed by atoms with Crippen molar-refractivity contribution in [3.8, 4) is 16.9 Å². The second-order valence-corrected chi connectivity index (χ2v) is 7.43. The van der Waals surface area contributed by atoms with E-state index >= 15 is 0 Å². The number of rotatable bonds is 4. The van der Waals surface area contributed by atoms with Crippen LogP contribution in [0.3, 0.4) is 0 Å². The number of hydrogen-bond donors (Lipinski definition) is 1. The third kappa shape index (κ3) is 3.81. The van der Waals surface area contributed by atoms with Crippen LogP contribution in [-0.4, -0.2) is 48.6 Å². The molecule has 1 amide bonds. The zero-order valence-electron chi connectivity index (χ0n) is 15.5. The Balaban J connectivity index is 1.43. The maximum atomic E-state index is 14.3. The van der Waals surface area contributed by atoms with E-state index in [2.05, 4.69) is 15.2 Å². The van der Waals surface area contributed by atoms with Crippen molar-refractivity contribution in [2.75, 3.05) is 26.7 Å². The first kappa shape index (κ1) is 17.9. The Bertz CT molecular complexity index is 828. The number of ether oxygens (including phenoxy) is 1. The van der Waals surface area contributed by atoms with Crippen LogP contribution in [0.15, 0.2) is 36.7 Å². The summed E-state index contributed by atoms with van der Waals surface area (Å²) in [5.74, 6) is 0.413. The van der Waals surface area contributed by atoms with Gasteiger partial charge >= 0.3 is 0 Å². The van der Waals surface area contributed by atoms with Crippen molar-refractivity contribution in [3.05, 3.63) is 48.0 Å². The predicted octanol–water partition coefficient (Wildman–Crippen LogP) is 2.65. The molecule has 0 radical (unpaired) electrons. The molecular weight excluding hydrogens is 345 g/mol. The van der Waals surface area contributed by atoms with Gasteiger partial charge in [-0.2, -0.15) is 0 Å². The van der Waals surface area contributed by atoms with E-state index < -0.39 is 0 Å². The summed E-state index contributed by atoms with van der Waals surface area (Å²) in [4.78, 5) is 18.7. The molecule has 0 spiro atoms. The number of hydrogen-bond acceptors (Lipinski definition) is 4. The number of fused-ring (bicyclic) bond motifs is 1. The molecule has 1 N–H and O–H groups in total. The van der Waals surface area contributed by atoms with Gasteiger partial charge in [-0.15, -0.1) is 0 Å². The lowest BCUT2D eigenvalue weighted by Crippen LogP contribution is -2.44. The summed E-state index contributed by atoms with van der Waals surface area (Å²) < 4.78 is 20.4. The van der Waals surface area contributed by atoms with Crippen molar-refractivity contribution in [3.63, 3.8) is 0 Å². The summed E-state index contributed by atoms with van der Waals surface area (Å²) in [6.07, 6.45) is 5.59. The van der Waals surface area contributed by atoms with Crippen molar-refractivity contribution in [1.82, 2.24) is 15.2 Å². The van der Waals surface area contributed by atoms with Crippen molar-refractivity contribution >= 4 is 5.91 Å². The molecule has 3 heterocycles. The Kier molecular flexibility index (Phi) is 5.07. The minimum Gasteiger partial charge on any atom is -0.487 e. The number of carbonyl (C=O) groups excluding carboxylic acids is 1. The van der Waals surface area contributed by atoms with Gasteiger partial charge in [-0.3, -0.25) is 9.78 Å². The topological polar surface area (TPSA) is 54.5 Å². The number of pyridine rings is 1. The Labute approximate surface area is 158 Å². The molecule has 0 aliphatic carbocycles. The SMILES string of the molecule is CN1CCC[C@H](C(=O)NC[C@@H]2Cc3c(F)ccc(-c4ccncc4)c3O2)C1. The van der Waals surface area contributed by atoms with Gasteiger partial charge in [-0.25, -0.2) is 4.39 Å². The van der Waals surface area contributed by atoms with Gasteiger partial charge in [0.25, 0.3) is 0 Å². The van der Waals surface area contributed by atoms with Crippen molar-refractivity contribution in [2.45, 2.75) is 25.4 Å².